The van der Waals surface area contributed by atoms with E-state index in [9.17, 15) is 33.0 Å². The minimum atomic E-state index is -4.30. The van der Waals surface area contributed by atoms with Crippen molar-refractivity contribution in [2.45, 2.75) is 31.6 Å². The first-order chi connectivity index (χ1) is 18.0. The van der Waals surface area contributed by atoms with Crippen molar-refractivity contribution in [1.82, 2.24) is 14.3 Å². The molecule has 0 radical (unpaired) electrons. The number of rotatable bonds is 8. The molecule has 0 aliphatic carbocycles. The summed E-state index contributed by atoms with van der Waals surface area (Å²) in [5, 5.41) is 22.5. The number of sulfonamides is 1. The summed E-state index contributed by atoms with van der Waals surface area (Å²) < 4.78 is 41.6. The van der Waals surface area contributed by atoms with Gasteiger partial charge in [0.2, 0.25) is 10.0 Å². The number of aryl methyl sites for hydroxylation is 2. The number of halogens is 1. The number of anilines is 1. The Kier molecular flexibility index (Phi) is 7.64. The second-order valence-electron chi connectivity index (χ2n) is 8.74. The largest absolute Gasteiger partial charge is 0.354 e. The third-order valence-electron chi connectivity index (χ3n) is 6.29. The average molecular weight is 545 g/mol. The predicted octanol–water partition coefficient (Wildman–Crippen LogP) is 3.40. The zero-order valence-electron chi connectivity index (χ0n) is 20.7. The molecular weight excluding hydrogens is 519 g/mol. The van der Waals surface area contributed by atoms with Crippen molar-refractivity contribution in [2.24, 2.45) is 0 Å². The monoisotopic (exact) mass is 544 g/mol. The van der Waals surface area contributed by atoms with Gasteiger partial charge in [-0.05, 0) is 37.1 Å². The first kappa shape index (κ1) is 27.0. The quantitative estimate of drug-likeness (QED) is 0.307. The second-order valence-corrected chi connectivity index (χ2v) is 10.6. The number of piperazine rings is 1. The molecule has 1 fully saturated rings. The van der Waals surface area contributed by atoms with E-state index in [1.54, 1.807) is 13.0 Å². The Morgan fingerprint density at radius 3 is 2.32 bits per heavy atom. The molecule has 1 aromatic heterocycles. The minimum absolute atomic E-state index is 0.0143. The lowest BCUT2D eigenvalue weighted by molar-refractivity contribution is -0.396. The van der Waals surface area contributed by atoms with Gasteiger partial charge < -0.3 is 4.90 Å². The van der Waals surface area contributed by atoms with E-state index in [4.69, 9.17) is 0 Å². The van der Waals surface area contributed by atoms with Crippen molar-refractivity contribution < 1.29 is 22.7 Å². The van der Waals surface area contributed by atoms with Gasteiger partial charge in [0.05, 0.1) is 15.9 Å². The van der Waals surface area contributed by atoms with Crippen molar-refractivity contribution in [1.29, 1.82) is 0 Å². The van der Waals surface area contributed by atoms with E-state index >= 15 is 0 Å². The van der Waals surface area contributed by atoms with Gasteiger partial charge in [0, 0.05) is 49.9 Å². The van der Waals surface area contributed by atoms with Crippen LogP contribution in [0.3, 0.4) is 0 Å². The lowest BCUT2D eigenvalue weighted by Gasteiger charge is -2.35. The van der Waals surface area contributed by atoms with Crippen LogP contribution >= 0.6 is 0 Å². The molecule has 0 bridgehead atoms. The maximum Gasteiger partial charge on any atom is 0.296 e. The summed E-state index contributed by atoms with van der Waals surface area (Å²) in [7, 11) is -4.30. The van der Waals surface area contributed by atoms with E-state index in [2.05, 4.69) is 9.97 Å². The molecule has 0 amide bonds. The van der Waals surface area contributed by atoms with Crippen LogP contribution in [0.1, 0.15) is 29.6 Å². The molecule has 2 heterocycles. The van der Waals surface area contributed by atoms with Crippen LogP contribution in [0.15, 0.2) is 47.4 Å². The lowest BCUT2D eigenvalue weighted by atomic mass is 10.0. The molecule has 0 N–H and O–H groups in total. The molecule has 12 nitrogen and oxygen atoms in total. The molecule has 1 aliphatic rings. The number of hydrogen-bond donors (Lipinski definition) is 0. The Morgan fingerprint density at radius 2 is 1.71 bits per heavy atom. The van der Waals surface area contributed by atoms with E-state index < -0.39 is 36.1 Å². The fourth-order valence-corrected chi connectivity index (χ4v) is 6.04. The van der Waals surface area contributed by atoms with Crippen molar-refractivity contribution in [2.75, 3.05) is 31.1 Å². The summed E-state index contributed by atoms with van der Waals surface area (Å²) in [4.78, 5) is 31.3. The van der Waals surface area contributed by atoms with Crippen LogP contribution in [0.25, 0.3) is 0 Å². The normalized spacial score (nSPS) is 14.4. The SMILES string of the molecule is CCc1nc(C)nc(N2CCN(S(=O)(=O)c3ccc([N+](=O)[O-])cc3[N+](=O)[O-])CC2)c1Cc1cccc(F)c1. The Bertz CT molecular complexity index is 1510. The van der Waals surface area contributed by atoms with Gasteiger partial charge in [0.15, 0.2) is 4.90 Å². The topological polar surface area (TPSA) is 153 Å². The third kappa shape index (κ3) is 5.45. The first-order valence-electron chi connectivity index (χ1n) is 11.8. The molecule has 0 saturated carbocycles. The van der Waals surface area contributed by atoms with Crippen LogP contribution in [-0.4, -0.2) is 58.7 Å². The van der Waals surface area contributed by atoms with E-state index in [1.165, 1.54) is 12.1 Å². The second kappa shape index (κ2) is 10.8. The summed E-state index contributed by atoms with van der Waals surface area (Å²) in [5.41, 5.74) is 0.967. The highest BCUT2D eigenvalue weighted by atomic mass is 32.2. The molecule has 4 rings (SSSR count). The lowest BCUT2D eigenvalue weighted by Crippen LogP contribution is -2.49. The summed E-state index contributed by atoms with van der Waals surface area (Å²) in [6.45, 7) is 4.25. The van der Waals surface area contributed by atoms with Crippen LogP contribution < -0.4 is 4.90 Å². The van der Waals surface area contributed by atoms with Crippen LogP contribution in [0.4, 0.5) is 21.6 Å². The fourth-order valence-electron chi connectivity index (χ4n) is 4.48. The number of nitro groups is 2. The molecule has 0 spiro atoms. The Morgan fingerprint density at radius 1 is 1.00 bits per heavy atom. The van der Waals surface area contributed by atoms with Gasteiger partial charge >= 0.3 is 0 Å². The zero-order chi connectivity index (χ0) is 27.6. The summed E-state index contributed by atoms with van der Waals surface area (Å²) in [6.07, 6.45) is 1.02. The Balaban J connectivity index is 1.62. The molecule has 0 atom stereocenters. The van der Waals surface area contributed by atoms with E-state index in [1.807, 2.05) is 17.9 Å². The van der Waals surface area contributed by atoms with Crippen LogP contribution in [0, 0.1) is 33.0 Å². The van der Waals surface area contributed by atoms with Crippen LogP contribution in [0.5, 0.6) is 0 Å². The van der Waals surface area contributed by atoms with Crippen molar-refractivity contribution >= 4 is 27.2 Å². The molecular formula is C24H25FN6O6S. The number of nitrogens with zero attached hydrogens (tertiary/aromatic N) is 6. The number of non-ortho nitro benzene ring substituents is 1. The van der Waals surface area contributed by atoms with Gasteiger partial charge in [-0.25, -0.2) is 22.8 Å². The standard InChI is InChI=1S/C24H25FN6O6S/c1-3-21-20(14-17-5-4-6-18(25)13-17)24(27-16(2)26-21)28-9-11-29(12-10-28)38(36,37)23-8-7-19(30(32)33)15-22(23)31(34)35/h4-8,13,15H,3,9-12,14H2,1-2H3. The average Bonchev–Trinajstić information content (AvgIpc) is 2.89. The maximum atomic E-state index is 13.8. The predicted molar refractivity (Wildman–Crippen MR) is 136 cm³/mol. The Hall–Kier alpha value is -4.04. The van der Waals surface area contributed by atoms with Gasteiger partial charge in [-0.1, -0.05) is 19.1 Å². The highest BCUT2D eigenvalue weighted by Gasteiger charge is 2.36. The molecule has 38 heavy (non-hydrogen) atoms. The van der Waals surface area contributed by atoms with E-state index in [0.29, 0.717) is 30.6 Å². The fraction of sp³-hybridized carbons (Fsp3) is 0.333. The molecule has 1 aliphatic heterocycles. The number of aromatic nitrogens is 2. The number of nitro benzene ring substituents is 2. The number of hydrogen-bond acceptors (Lipinski definition) is 9. The van der Waals surface area contributed by atoms with Gasteiger partial charge in [0.25, 0.3) is 11.4 Å². The molecule has 1 saturated heterocycles. The van der Waals surface area contributed by atoms with Crippen LogP contribution in [-0.2, 0) is 22.9 Å². The maximum absolute atomic E-state index is 13.8. The van der Waals surface area contributed by atoms with E-state index in [0.717, 1.165) is 33.3 Å². The van der Waals surface area contributed by atoms with Crippen molar-refractivity contribution in [3.8, 4) is 0 Å². The first-order valence-corrected chi connectivity index (χ1v) is 13.2. The smallest absolute Gasteiger partial charge is 0.296 e. The third-order valence-corrected chi connectivity index (χ3v) is 8.24. The van der Waals surface area contributed by atoms with E-state index in [-0.39, 0.29) is 32.0 Å². The van der Waals surface area contributed by atoms with Gasteiger partial charge in [-0.15, -0.1) is 0 Å². The summed E-state index contributed by atoms with van der Waals surface area (Å²) in [5.74, 6) is 0.836. The molecule has 0 unspecified atom stereocenters. The summed E-state index contributed by atoms with van der Waals surface area (Å²) >= 11 is 0. The minimum Gasteiger partial charge on any atom is -0.354 e. The Labute approximate surface area is 218 Å². The molecule has 2 aromatic carbocycles. The highest BCUT2D eigenvalue weighted by molar-refractivity contribution is 7.89. The van der Waals surface area contributed by atoms with Crippen molar-refractivity contribution in [3.63, 3.8) is 0 Å². The summed E-state index contributed by atoms with van der Waals surface area (Å²) in [6, 6.07) is 8.75. The number of benzene rings is 2. The molecule has 14 heteroatoms. The molecule has 200 valence electrons. The van der Waals surface area contributed by atoms with Gasteiger partial charge in [-0.2, -0.15) is 4.31 Å². The van der Waals surface area contributed by atoms with Gasteiger partial charge in [0.1, 0.15) is 17.5 Å². The zero-order valence-corrected chi connectivity index (χ0v) is 21.5. The van der Waals surface area contributed by atoms with Gasteiger partial charge in [-0.3, -0.25) is 20.2 Å². The van der Waals surface area contributed by atoms with Crippen LogP contribution in [0.2, 0.25) is 0 Å². The van der Waals surface area contributed by atoms with Crippen molar-refractivity contribution in [3.05, 3.63) is 91.2 Å². The molecule has 3 aromatic rings. The highest BCUT2D eigenvalue weighted by Crippen LogP contribution is 2.32.